The van der Waals surface area contributed by atoms with E-state index < -0.39 is 0 Å². The van der Waals surface area contributed by atoms with Crippen molar-refractivity contribution in [3.05, 3.63) is 17.8 Å². The summed E-state index contributed by atoms with van der Waals surface area (Å²) in [5, 5.41) is 3.16. The van der Waals surface area contributed by atoms with Gasteiger partial charge in [-0.25, -0.2) is 14.4 Å². The molecule has 1 fully saturated rings. The molecule has 1 aliphatic rings. The summed E-state index contributed by atoms with van der Waals surface area (Å²) in [5.41, 5.74) is 0.526. The topological polar surface area (TPSA) is 41.0 Å². The van der Waals surface area contributed by atoms with Gasteiger partial charge < -0.3 is 10.2 Å². The third-order valence-electron chi connectivity index (χ3n) is 3.03. The van der Waals surface area contributed by atoms with Gasteiger partial charge in [-0.1, -0.05) is 13.8 Å². The zero-order valence-corrected chi connectivity index (χ0v) is 10.6. The van der Waals surface area contributed by atoms with Crippen molar-refractivity contribution in [2.24, 2.45) is 5.92 Å². The monoisotopic (exact) mass is 238 g/mol. The van der Waals surface area contributed by atoms with Gasteiger partial charge in [-0.15, -0.1) is 0 Å². The molecule has 0 radical (unpaired) electrons. The largest absolute Gasteiger partial charge is 0.351 e. The Balaban J connectivity index is 2.13. The zero-order valence-electron chi connectivity index (χ0n) is 10.6. The van der Waals surface area contributed by atoms with Crippen molar-refractivity contribution in [2.75, 3.05) is 25.0 Å². The molecule has 0 bridgehead atoms. The normalized spacial score (nSPS) is 16.4. The molecule has 5 heteroatoms. The summed E-state index contributed by atoms with van der Waals surface area (Å²) in [5.74, 6) is 0.589. The lowest BCUT2D eigenvalue weighted by Gasteiger charge is -2.40. The molecule has 1 aliphatic heterocycles. The van der Waals surface area contributed by atoms with Gasteiger partial charge in [0.15, 0.2) is 11.6 Å². The van der Waals surface area contributed by atoms with E-state index in [2.05, 4.69) is 29.1 Å². The molecule has 0 aromatic carbocycles. The van der Waals surface area contributed by atoms with Crippen LogP contribution in [0.15, 0.2) is 6.33 Å². The fourth-order valence-electron chi connectivity index (χ4n) is 1.98. The number of rotatable bonds is 4. The van der Waals surface area contributed by atoms with E-state index >= 15 is 0 Å². The Morgan fingerprint density at radius 3 is 2.76 bits per heavy atom. The van der Waals surface area contributed by atoms with Crippen molar-refractivity contribution >= 4 is 5.82 Å². The lowest BCUT2D eigenvalue weighted by atomic mass is 10.1. The van der Waals surface area contributed by atoms with Gasteiger partial charge in [-0.05, 0) is 19.4 Å². The molecule has 1 N–H and O–H groups in total. The highest BCUT2D eigenvalue weighted by atomic mass is 19.1. The van der Waals surface area contributed by atoms with Crippen LogP contribution in [0.4, 0.5) is 10.2 Å². The van der Waals surface area contributed by atoms with Crippen LogP contribution in [0.2, 0.25) is 0 Å². The molecule has 1 saturated heterocycles. The highest BCUT2D eigenvalue weighted by molar-refractivity contribution is 5.44. The van der Waals surface area contributed by atoms with E-state index in [0.29, 0.717) is 29.9 Å². The molecule has 0 saturated carbocycles. The fourth-order valence-corrected chi connectivity index (χ4v) is 1.98. The minimum atomic E-state index is -0.254. The fraction of sp³-hybridized carbons (Fsp3) is 0.667. The predicted octanol–water partition coefficient (Wildman–Crippen LogP) is 1.22. The van der Waals surface area contributed by atoms with E-state index in [0.717, 1.165) is 13.1 Å². The number of hydrogen-bond donors (Lipinski definition) is 1. The Morgan fingerprint density at radius 1 is 1.47 bits per heavy atom. The Morgan fingerprint density at radius 2 is 2.18 bits per heavy atom. The number of nitrogens with zero attached hydrogens (tertiary/aromatic N) is 3. The molecule has 0 atom stereocenters. The Labute approximate surface area is 101 Å². The first kappa shape index (κ1) is 12.2. The molecule has 1 aromatic rings. The standard InChI is InChI=1S/C12H19FN4/c1-8(2)4-10-11(13)12(16-7-15-10)17-5-9(6-17)14-3/h7-9,14H,4-6H2,1-3H3. The predicted molar refractivity (Wildman–Crippen MR) is 65.6 cm³/mol. The van der Waals surface area contributed by atoms with Gasteiger partial charge in [0, 0.05) is 19.1 Å². The second-order valence-corrected chi connectivity index (χ2v) is 4.95. The molecule has 17 heavy (non-hydrogen) atoms. The first-order valence-corrected chi connectivity index (χ1v) is 6.03. The number of nitrogens with one attached hydrogen (secondary N) is 1. The van der Waals surface area contributed by atoms with Crippen molar-refractivity contribution in [1.29, 1.82) is 0 Å². The van der Waals surface area contributed by atoms with Gasteiger partial charge in [-0.3, -0.25) is 0 Å². The van der Waals surface area contributed by atoms with Crippen LogP contribution < -0.4 is 10.2 Å². The van der Waals surface area contributed by atoms with Crippen LogP contribution >= 0.6 is 0 Å². The number of hydrogen-bond acceptors (Lipinski definition) is 4. The summed E-state index contributed by atoms with van der Waals surface area (Å²) in [6.07, 6.45) is 2.12. The Kier molecular flexibility index (Phi) is 3.57. The van der Waals surface area contributed by atoms with Crippen LogP contribution in [0, 0.1) is 11.7 Å². The molecular weight excluding hydrogens is 219 g/mol. The molecule has 2 heterocycles. The number of halogens is 1. The van der Waals surface area contributed by atoms with Crippen LogP contribution in [0.1, 0.15) is 19.5 Å². The summed E-state index contributed by atoms with van der Waals surface area (Å²) in [4.78, 5) is 10.0. The molecule has 0 amide bonds. The number of aromatic nitrogens is 2. The van der Waals surface area contributed by atoms with Crippen molar-refractivity contribution in [1.82, 2.24) is 15.3 Å². The number of likely N-dealkylation sites (N-methyl/N-ethyl adjacent to an activating group) is 1. The zero-order chi connectivity index (χ0) is 12.4. The summed E-state index contributed by atoms with van der Waals surface area (Å²) < 4.78 is 14.1. The van der Waals surface area contributed by atoms with E-state index in [9.17, 15) is 4.39 Å². The van der Waals surface area contributed by atoms with Crippen molar-refractivity contribution in [3.8, 4) is 0 Å². The maximum Gasteiger partial charge on any atom is 0.187 e. The highest BCUT2D eigenvalue weighted by Crippen LogP contribution is 2.23. The molecule has 0 aliphatic carbocycles. The summed E-state index contributed by atoms with van der Waals surface area (Å²) in [7, 11) is 1.92. The molecule has 4 nitrogen and oxygen atoms in total. The average Bonchev–Trinajstić information content (AvgIpc) is 2.21. The smallest absolute Gasteiger partial charge is 0.187 e. The first-order valence-electron chi connectivity index (χ1n) is 6.03. The third-order valence-corrected chi connectivity index (χ3v) is 3.03. The van der Waals surface area contributed by atoms with Crippen LogP contribution in [0.3, 0.4) is 0 Å². The molecular formula is C12H19FN4. The van der Waals surface area contributed by atoms with Crippen molar-refractivity contribution in [2.45, 2.75) is 26.3 Å². The maximum absolute atomic E-state index is 14.1. The van der Waals surface area contributed by atoms with E-state index in [4.69, 9.17) is 0 Å². The molecule has 2 rings (SSSR count). The first-order chi connectivity index (χ1) is 8.11. The minimum absolute atomic E-state index is 0.254. The van der Waals surface area contributed by atoms with Crippen LogP contribution in [0.5, 0.6) is 0 Å². The summed E-state index contributed by atoms with van der Waals surface area (Å²) >= 11 is 0. The van der Waals surface area contributed by atoms with Gasteiger partial charge in [0.25, 0.3) is 0 Å². The summed E-state index contributed by atoms with van der Waals surface area (Å²) in [6, 6.07) is 0.443. The van der Waals surface area contributed by atoms with Crippen LogP contribution in [-0.4, -0.2) is 36.1 Å². The van der Waals surface area contributed by atoms with E-state index in [-0.39, 0.29) is 5.82 Å². The van der Waals surface area contributed by atoms with E-state index in [1.165, 1.54) is 6.33 Å². The van der Waals surface area contributed by atoms with Crippen LogP contribution in [-0.2, 0) is 6.42 Å². The van der Waals surface area contributed by atoms with E-state index in [1.807, 2.05) is 11.9 Å². The van der Waals surface area contributed by atoms with Crippen molar-refractivity contribution < 1.29 is 4.39 Å². The third kappa shape index (κ3) is 2.54. The van der Waals surface area contributed by atoms with Gasteiger partial charge in [0.2, 0.25) is 0 Å². The molecule has 0 spiro atoms. The maximum atomic E-state index is 14.1. The average molecular weight is 238 g/mol. The Bertz CT molecular complexity index is 388. The van der Waals surface area contributed by atoms with E-state index in [1.54, 1.807) is 0 Å². The van der Waals surface area contributed by atoms with Gasteiger partial charge in [0.05, 0.1) is 5.69 Å². The lowest BCUT2D eigenvalue weighted by molar-refractivity contribution is 0.435. The van der Waals surface area contributed by atoms with Crippen molar-refractivity contribution in [3.63, 3.8) is 0 Å². The lowest BCUT2D eigenvalue weighted by Crippen LogP contribution is -2.57. The quantitative estimate of drug-likeness (QED) is 0.856. The molecule has 0 unspecified atom stereocenters. The second-order valence-electron chi connectivity index (χ2n) is 4.95. The molecule has 94 valence electrons. The molecule has 1 aromatic heterocycles. The second kappa shape index (κ2) is 4.96. The highest BCUT2D eigenvalue weighted by Gasteiger charge is 2.29. The van der Waals surface area contributed by atoms with Gasteiger partial charge in [-0.2, -0.15) is 0 Å². The van der Waals surface area contributed by atoms with Crippen LogP contribution in [0.25, 0.3) is 0 Å². The minimum Gasteiger partial charge on any atom is -0.351 e. The summed E-state index contributed by atoms with van der Waals surface area (Å²) in [6.45, 7) is 5.74. The Hall–Kier alpha value is -1.23. The SMILES string of the molecule is CNC1CN(c2ncnc(CC(C)C)c2F)C1. The van der Waals surface area contributed by atoms with Gasteiger partial charge in [0.1, 0.15) is 6.33 Å². The van der Waals surface area contributed by atoms with Gasteiger partial charge >= 0.3 is 0 Å². The number of anilines is 1.